The number of hydrogen-bond donors (Lipinski definition) is 9. The number of fused-ring (bicyclic) bond motifs is 5. The second-order valence-corrected chi connectivity index (χ2v) is 17.7. The molecule has 10 N–H and O–H groups in total. The Morgan fingerprint density at radius 1 is 0.823 bits per heavy atom. The number of carbonyl (C=O) groups excluding carboxylic acids is 9. The van der Waals surface area contributed by atoms with E-state index in [0.29, 0.717) is 35.7 Å². The number of amides is 9. The van der Waals surface area contributed by atoms with Gasteiger partial charge in [0.25, 0.3) is 5.91 Å². The molecule has 2 aromatic rings. The quantitative estimate of drug-likeness (QED) is 0.157. The molecule has 2 unspecified atom stereocenters. The highest BCUT2D eigenvalue weighted by atomic mass is 32.2. The molecule has 0 saturated carbocycles. The van der Waals surface area contributed by atoms with E-state index in [4.69, 9.17) is 5.73 Å². The molecule has 2 fully saturated rings. The molecule has 5 heterocycles. The molecule has 20 nitrogen and oxygen atoms in total. The summed E-state index contributed by atoms with van der Waals surface area (Å²) in [7, 11) is 0. The second-order valence-electron chi connectivity index (χ2n) is 16.6. The third kappa shape index (κ3) is 9.98. The van der Waals surface area contributed by atoms with Gasteiger partial charge in [0.15, 0.2) is 5.37 Å². The van der Waals surface area contributed by atoms with Crippen molar-refractivity contribution in [1.29, 1.82) is 0 Å². The van der Waals surface area contributed by atoms with Crippen LogP contribution < -0.4 is 37.6 Å². The Kier molecular flexibility index (Phi) is 14.5. The van der Waals surface area contributed by atoms with Gasteiger partial charge in [-0.15, -0.1) is 0 Å². The maximum absolute atomic E-state index is 14.6. The van der Waals surface area contributed by atoms with Crippen molar-refractivity contribution in [2.45, 2.75) is 125 Å². The zero-order valence-corrected chi connectivity index (χ0v) is 36.0. The van der Waals surface area contributed by atoms with E-state index >= 15 is 0 Å². The molecule has 2 bridgehead atoms. The summed E-state index contributed by atoms with van der Waals surface area (Å²) in [5, 5.41) is 26.2. The van der Waals surface area contributed by atoms with Gasteiger partial charge in [-0.1, -0.05) is 70.5 Å². The van der Waals surface area contributed by atoms with Crippen LogP contribution in [0.15, 0.2) is 29.3 Å². The van der Waals surface area contributed by atoms with Crippen LogP contribution in [0.25, 0.3) is 10.9 Å². The van der Waals surface area contributed by atoms with Crippen LogP contribution >= 0.6 is 11.8 Å². The van der Waals surface area contributed by atoms with Crippen LogP contribution in [0.1, 0.15) is 71.8 Å². The smallest absolute Gasteiger partial charge is 0.254 e. The Morgan fingerprint density at radius 3 is 2.23 bits per heavy atom. The summed E-state index contributed by atoms with van der Waals surface area (Å²) >= 11 is 0.831. The molecule has 6 rings (SSSR count). The zero-order chi connectivity index (χ0) is 45.0. The molecule has 21 heteroatoms. The van der Waals surface area contributed by atoms with Crippen molar-refractivity contribution in [2.75, 3.05) is 19.6 Å². The van der Waals surface area contributed by atoms with Crippen LogP contribution in [0.3, 0.4) is 0 Å². The summed E-state index contributed by atoms with van der Waals surface area (Å²) in [6, 6.07) is -0.784. The van der Waals surface area contributed by atoms with Crippen LogP contribution in [-0.4, -0.2) is 140 Å². The lowest BCUT2D eigenvalue weighted by molar-refractivity contribution is -0.144. The van der Waals surface area contributed by atoms with E-state index in [2.05, 4.69) is 36.9 Å². The zero-order valence-electron chi connectivity index (χ0n) is 35.2. The minimum Gasteiger partial charge on any atom is -0.391 e. The molecule has 4 aliphatic heterocycles. The van der Waals surface area contributed by atoms with Crippen molar-refractivity contribution in [3.05, 3.63) is 29.8 Å². The highest BCUT2D eigenvalue weighted by Gasteiger charge is 2.45. The fourth-order valence-electron chi connectivity index (χ4n) is 8.43. The Labute approximate surface area is 362 Å². The average Bonchev–Trinajstić information content (AvgIpc) is 3.98. The molecule has 0 radical (unpaired) electrons. The van der Waals surface area contributed by atoms with Crippen LogP contribution in [0.5, 0.6) is 0 Å². The van der Waals surface area contributed by atoms with E-state index in [1.54, 1.807) is 45.0 Å². The second kappa shape index (κ2) is 19.6. The number of primary amides is 1. The number of aliphatic hydroxyl groups excluding tert-OH is 1. The van der Waals surface area contributed by atoms with Crippen molar-refractivity contribution < 1.29 is 48.3 Å². The van der Waals surface area contributed by atoms with Gasteiger partial charge in [0.05, 0.1) is 24.1 Å². The normalized spacial score (nSPS) is 29.4. The highest BCUT2D eigenvalue weighted by Crippen LogP contribution is 2.34. The van der Waals surface area contributed by atoms with Crippen molar-refractivity contribution >= 4 is 75.8 Å². The number of aromatic amines is 1. The number of thioether (sulfide) groups is 1. The largest absolute Gasteiger partial charge is 0.391 e. The number of benzene rings is 1. The van der Waals surface area contributed by atoms with Gasteiger partial charge in [0.2, 0.25) is 47.3 Å². The van der Waals surface area contributed by atoms with Crippen LogP contribution in [0.2, 0.25) is 0 Å². The summed E-state index contributed by atoms with van der Waals surface area (Å²) in [4.78, 5) is 132. The Hall–Kier alpha value is -5.70. The molecule has 0 spiro atoms. The Bertz CT molecular complexity index is 2110. The topological polar surface area (TPSA) is 294 Å². The van der Waals surface area contributed by atoms with Crippen molar-refractivity contribution in [1.82, 2.24) is 46.7 Å². The summed E-state index contributed by atoms with van der Waals surface area (Å²) < 4.78 is 0. The van der Waals surface area contributed by atoms with Gasteiger partial charge < -0.3 is 57.5 Å². The van der Waals surface area contributed by atoms with E-state index in [0.717, 1.165) is 16.7 Å². The predicted molar refractivity (Wildman–Crippen MR) is 224 cm³/mol. The number of para-hydroxylation sites is 1. The fraction of sp³-hybridized carbons (Fsp3) is 0.585. The van der Waals surface area contributed by atoms with Crippen LogP contribution in [0.4, 0.5) is 0 Å². The van der Waals surface area contributed by atoms with Gasteiger partial charge in [-0.05, 0) is 36.3 Å². The summed E-state index contributed by atoms with van der Waals surface area (Å²) in [5.74, 6) is -8.00. The number of carbonyl (C=O) groups is 9. The van der Waals surface area contributed by atoms with Gasteiger partial charge in [0.1, 0.15) is 36.3 Å². The molecule has 1 aromatic carbocycles. The van der Waals surface area contributed by atoms with E-state index < -0.39 is 126 Å². The summed E-state index contributed by atoms with van der Waals surface area (Å²) in [6.07, 6.45) is -0.815. The number of rotatable bonds is 6. The van der Waals surface area contributed by atoms with E-state index in [1.165, 1.54) is 4.90 Å². The SMILES string of the molecule is CC[C@H](C)C1NC(=O)CNC(=O)[C@@H]2Cc3c([nH]c4ccccc34)SC(NC(=O)[C@H]3CCCN3C1=O)C(=O)N[C@@H](CC(N)=O)C(=O)N1C[C@H](O)C[C@H]1C(=O)N[C@@H]([C@@H](C)CC)C(=O)N2. The van der Waals surface area contributed by atoms with Gasteiger partial charge in [-0.25, -0.2) is 0 Å². The highest BCUT2D eigenvalue weighted by molar-refractivity contribution is 8.00. The average molecular weight is 881 g/mol. The molecule has 9 amide bonds. The number of nitrogens with two attached hydrogens (primary N) is 1. The van der Waals surface area contributed by atoms with E-state index in [9.17, 15) is 48.3 Å². The molecule has 10 atom stereocenters. The Balaban J connectivity index is 1.53. The third-order valence-corrected chi connectivity index (χ3v) is 13.4. The minimum atomic E-state index is -1.66. The lowest BCUT2D eigenvalue weighted by Gasteiger charge is -2.32. The van der Waals surface area contributed by atoms with Gasteiger partial charge >= 0.3 is 0 Å². The fourth-order valence-corrected chi connectivity index (χ4v) is 9.52. The maximum Gasteiger partial charge on any atom is 0.254 e. The number of hydrogen-bond acceptors (Lipinski definition) is 11. The lowest BCUT2D eigenvalue weighted by Crippen LogP contribution is -2.61. The first-order valence-electron chi connectivity index (χ1n) is 21.1. The van der Waals surface area contributed by atoms with Crippen molar-refractivity contribution in [3.8, 4) is 0 Å². The number of nitrogens with zero attached hydrogens (tertiary/aromatic N) is 2. The number of aromatic nitrogens is 1. The molecular formula is C41H56N10O10S. The van der Waals surface area contributed by atoms with Crippen LogP contribution in [-0.2, 0) is 49.6 Å². The van der Waals surface area contributed by atoms with Crippen LogP contribution in [0, 0.1) is 11.8 Å². The van der Waals surface area contributed by atoms with Crippen molar-refractivity contribution in [3.63, 3.8) is 0 Å². The first-order chi connectivity index (χ1) is 29.5. The number of nitrogens with one attached hydrogen (secondary N) is 7. The minimum absolute atomic E-state index is 0.178. The third-order valence-electron chi connectivity index (χ3n) is 12.3. The molecule has 336 valence electrons. The molecule has 0 aliphatic carbocycles. The van der Waals surface area contributed by atoms with E-state index in [1.807, 2.05) is 6.92 Å². The monoisotopic (exact) mass is 880 g/mol. The molecule has 4 aliphatic rings. The predicted octanol–water partition coefficient (Wildman–Crippen LogP) is -1.75. The summed E-state index contributed by atoms with van der Waals surface area (Å²) in [5.41, 5.74) is 6.59. The van der Waals surface area contributed by atoms with Gasteiger partial charge in [-0.3, -0.25) is 43.2 Å². The number of H-pyrrole nitrogens is 1. The molecular weight excluding hydrogens is 825 g/mol. The van der Waals surface area contributed by atoms with Gasteiger partial charge in [-0.2, -0.15) is 0 Å². The first-order valence-corrected chi connectivity index (χ1v) is 22.0. The van der Waals surface area contributed by atoms with Gasteiger partial charge in [0, 0.05) is 36.8 Å². The molecule has 62 heavy (non-hydrogen) atoms. The Morgan fingerprint density at radius 2 is 1.52 bits per heavy atom. The standard InChI is InChI=1S/C41H56N10O10S/c1-5-19(3)31-36(58)44-25-15-23-22-10-7-8-11-24(22)46-38(23)62-39(37(59)45-26(16-29(42)53)40(60)51-18-21(52)14-28(51)35(57)48-31)49-34(56)27-12-9-13-50(27)41(61)32(20(4)6-2)47-30(54)17-43-33(25)55/h7-8,10-11,19-21,25-28,31-32,39,46,52H,5-6,9,12-18H2,1-4H3,(H2,42,53)(H,43,55)(H,44,58)(H,45,59)(H,47,54)(H,48,57)(H,49,56)/t19-,20-,21+,25-,26-,27+,28-,31-,32?,39?/m0/s1. The maximum atomic E-state index is 14.6. The first kappa shape index (κ1) is 45.8. The van der Waals surface area contributed by atoms with E-state index in [-0.39, 0.29) is 37.4 Å². The lowest BCUT2D eigenvalue weighted by atomic mass is 9.96. The summed E-state index contributed by atoms with van der Waals surface area (Å²) in [6.45, 7) is 6.37. The van der Waals surface area contributed by atoms with Crippen molar-refractivity contribution in [2.24, 2.45) is 17.6 Å². The number of aliphatic hydroxyl groups is 1. The molecule has 2 saturated heterocycles. The molecule has 1 aromatic heterocycles.